The molecule has 2 N–H and O–H groups in total. The molecule has 0 spiro atoms. The van der Waals surface area contributed by atoms with Crippen LogP contribution in [0.25, 0.3) is 5.69 Å². The largest absolute Gasteiger partial charge is 0.497 e. The molecule has 2 aromatic rings. The molecule has 0 saturated heterocycles. The van der Waals surface area contributed by atoms with E-state index in [0.717, 1.165) is 11.4 Å². The number of rotatable bonds is 5. The van der Waals surface area contributed by atoms with Crippen molar-refractivity contribution in [3.05, 3.63) is 36.7 Å². The molecule has 0 unspecified atom stereocenters. The average molecular weight is 362 g/mol. The smallest absolute Gasteiger partial charge is 0.321 e. The zero-order chi connectivity index (χ0) is 18.4. The molecule has 0 bridgehead atoms. The molecule has 1 aromatic carbocycles. The van der Waals surface area contributed by atoms with Crippen LogP contribution in [0.2, 0.25) is 0 Å². The number of carbonyl (C=O) groups excluding carboxylic acids is 2. The van der Waals surface area contributed by atoms with Crippen LogP contribution in [0.1, 0.15) is 20.8 Å². The predicted octanol–water partition coefficient (Wildman–Crippen LogP) is 2.60. The molecule has 8 heteroatoms. The summed E-state index contributed by atoms with van der Waals surface area (Å²) < 4.78 is 7.01. The number of methoxy groups -OCH3 is 1. The second kappa shape index (κ2) is 8.06. The number of thioether (sulfide) groups is 1. The van der Waals surface area contributed by atoms with Crippen molar-refractivity contribution in [2.75, 3.05) is 12.9 Å². The van der Waals surface area contributed by atoms with E-state index in [1.807, 2.05) is 55.8 Å². The van der Waals surface area contributed by atoms with Crippen molar-refractivity contribution in [1.29, 1.82) is 0 Å². The van der Waals surface area contributed by atoms with Crippen molar-refractivity contribution < 1.29 is 14.3 Å². The lowest BCUT2D eigenvalue weighted by Gasteiger charge is -2.20. The topological polar surface area (TPSA) is 85.2 Å². The Morgan fingerprint density at radius 3 is 2.52 bits per heavy atom. The Balaban J connectivity index is 1.94. The van der Waals surface area contributed by atoms with Crippen LogP contribution in [0, 0.1) is 0 Å². The summed E-state index contributed by atoms with van der Waals surface area (Å²) in [6.07, 6.45) is 3.48. The van der Waals surface area contributed by atoms with Gasteiger partial charge in [0.25, 0.3) is 0 Å². The molecule has 7 nitrogen and oxygen atoms in total. The second-order valence-electron chi connectivity index (χ2n) is 6.32. The Kier molecular flexibility index (Phi) is 6.08. The number of hydrogen-bond donors (Lipinski definition) is 2. The van der Waals surface area contributed by atoms with Crippen LogP contribution in [0.4, 0.5) is 4.79 Å². The molecule has 0 atom stereocenters. The van der Waals surface area contributed by atoms with Crippen LogP contribution in [0.15, 0.2) is 41.8 Å². The fraction of sp³-hybridized carbons (Fsp3) is 0.353. The van der Waals surface area contributed by atoms with Gasteiger partial charge in [0.1, 0.15) is 5.75 Å². The van der Waals surface area contributed by atoms with E-state index < -0.39 is 11.6 Å². The standard InChI is InChI=1S/C17H22N4O3S/c1-17(2,3)20-15(23)19-14(22)11-25-16-18-9-10-21(16)12-5-7-13(24-4)8-6-12/h5-10H,11H2,1-4H3,(H2,19,20,22,23). The van der Waals surface area contributed by atoms with Crippen molar-refractivity contribution in [2.24, 2.45) is 0 Å². The van der Waals surface area contributed by atoms with Crippen LogP contribution in [0.5, 0.6) is 5.75 Å². The number of amides is 3. The van der Waals surface area contributed by atoms with Gasteiger partial charge < -0.3 is 10.1 Å². The van der Waals surface area contributed by atoms with Crippen LogP contribution in [-0.4, -0.2) is 39.9 Å². The molecule has 0 saturated carbocycles. The third-order valence-electron chi connectivity index (χ3n) is 3.03. The maximum atomic E-state index is 11.9. The number of hydrogen-bond acceptors (Lipinski definition) is 5. The summed E-state index contributed by atoms with van der Waals surface area (Å²) >= 11 is 1.26. The Bertz CT molecular complexity index is 735. The molecule has 0 aliphatic carbocycles. The van der Waals surface area contributed by atoms with E-state index in [1.165, 1.54) is 11.8 Å². The maximum Gasteiger partial charge on any atom is 0.321 e. The highest BCUT2D eigenvalue weighted by Gasteiger charge is 2.16. The summed E-state index contributed by atoms with van der Waals surface area (Å²) in [6, 6.07) is 7.01. The monoisotopic (exact) mass is 362 g/mol. The second-order valence-corrected chi connectivity index (χ2v) is 7.26. The Labute approximate surface area is 151 Å². The summed E-state index contributed by atoms with van der Waals surface area (Å²) in [7, 11) is 1.61. The minimum atomic E-state index is -0.503. The highest BCUT2D eigenvalue weighted by atomic mass is 32.2. The van der Waals surface area contributed by atoms with Crippen LogP contribution < -0.4 is 15.4 Å². The lowest BCUT2D eigenvalue weighted by molar-refractivity contribution is -0.117. The van der Waals surface area contributed by atoms with Crippen LogP contribution in [-0.2, 0) is 4.79 Å². The summed E-state index contributed by atoms with van der Waals surface area (Å²) in [5.74, 6) is 0.475. The predicted molar refractivity (Wildman–Crippen MR) is 97.3 cm³/mol. The summed E-state index contributed by atoms with van der Waals surface area (Å²) in [6.45, 7) is 5.53. The third kappa shape index (κ3) is 5.82. The first-order valence-corrected chi connectivity index (χ1v) is 8.69. The van der Waals surface area contributed by atoms with Crippen molar-refractivity contribution >= 4 is 23.7 Å². The number of carbonyl (C=O) groups is 2. The normalized spacial score (nSPS) is 11.0. The molecular formula is C17H22N4O3S. The van der Waals surface area contributed by atoms with E-state index in [1.54, 1.807) is 13.3 Å². The van der Waals surface area contributed by atoms with Gasteiger partial charge in [0, 0.05) is 23.6 Å². The van der Waals surface area contributed by atoms with Gasteiger partial charge in [0.05, 0.1) is 12.9 Å². The van der Waals surface area contributed by atoms with E-state index in [4.69, 9.17) is 4.74 Å². The van der Waals surface area contributed by atoms with Gasteiger partial charge in [0.15, 0.2) is 5.16 Å². The van der Waals surface area contributed by atoms with Gasteiger partial charge in [-0.15, -0.1) is 0 Å². The lowest BCUT2D eigenvalue weighted by Crippen LogP contribution is -2.48. The molecule has 0 aliphatic heterocycles. The van der Waals surface area contributed by atoms with Gasteiger partial charge in [-0.3, -0.25) is 14.7 Å². The van der Waals surface area contributed by atoms with Gasteiger partial charge in [0.2, 0.25) is 5.91 Å². The van der Waals surface area contributed by atoms with Crippen LogP contribution in [0.3, 0.4) is 0 Å². The number of aromatic nitrogens is 2. The molecule has 0 aliphatic rings. The first-order chi connectivity index (χ1) is 11.8. The maximum absolute atomic E-state index is 11.9. The van der Waals surface area contributed by atoms with Gasteiger partial charge in [-0.2, -0.15) is 0 Å². The van der Waals surface area contributed by atoms with Crippen molar-refractivity contribution in [3.8, 4) is 11.4 Å². The van der Waals surface area contributed by atoms with Crippen molar-refractivity contribution in [2.45, 2.75) is 31.5 Å². The number of nitrogens with one attached hydrogen (secondary N) is 2. The van der Waals surface area contributed by atoms with E-state index in [0.29, 0.717) is 5.16 Å². The molecule has 0 radical (unpaired) electrons. The molecule has 134 valence electrons. The Morgan fingerprint density at radius 1 is 1.24 bits per heavy atom. The molecule has 1 aromatic heterocycles. The number of imide groups is 1. The van der Waals surface area contributed by atoms with Crippen molar-refractivity contribution in [3.63, 3.8) is 0 Å². The number of benzene rings is 1. The molecule has 3 amide bonds. The molecule has 2 rings (SSSR count). The fourth-order valence-corrected chi connectivity index (χ4v) is 2.77. The van der Waals surface area contributed by atoms with E-state index in [-0.39, 0.29) is 11.7 Å². The fourth-order valence-electron chi connectivity index (χ4n) is 2.00. The van der Waals surface area contributed by atoms with E-state index >= 15 is 0 Å². The van der Waals surface area contributed by atoms with E-state index in [2.05, 4.69) is 15.6 Å². The van der Waals surface area contributed by atoms with Gasteiger partial charge in [-0.25, -0.2) is 9.78 Å². The van der Waals surface area contributed by atoms with Gasteiger partial charge >= 0.3 is 6.03 Å². The highest BCUT2D eigenvalue weighted by molar-refractivity contribution is 7.99. The van der Waals surface area contributed by atoms with Crippen LogP contribution >= 0.6 is 11.8 Å². The number of nitrogens with zero attached hydrogens (tertiary/aromatic N) is 2. The van der Waals surface area contributed by atoms with Crippen molar-refractivity contribution in [1.82, 2.24) is 20.2 Å². The summed E-state index contributed by atoms with van der Waals surface area (Å²) in [5, 5.41) is 5.65. The average Bonchev–Trinajstić information content (AvgIpc) is 2.99. The molecule has 25 heavy (non-hydrogen) atoms. The Morgan fingerprint density at radius 2 is 1.92 bits per heavy atom. The summed E-state index contributed by atoms with van der Waals surface area (Å²) in [4.78, 5) is 27.9. The van der Waals surface area contributed by atoms with E-state index in [9.17, 15) is 9.59 Å². The molecule has 1 heterocycles. The molecule has 0 fully saturated rings. The minimum absolute atomic E-state index is 0.0880. The highest BCUT2D eigenvalue weighted by Crippen LogP contribution is 2.22. The number of ether oxygens (including phenoxy) is 1. The Hall–Kier alpha value is -2.48. The summed E-state index contributed by atoms with van der Waals surface area (Å²) in [5.41, 5.74) is 0.508. The van der Waals surface area contributed by atoms with Gasteiger partial charge in [-0.05, 0) is 45.0 Å². The quantitative estimate of drug-likeness (QED) is 0.799. The first-order valence-electron chi connectivity index (χ1n) is 7.71. The SMILES string of the molecule is COc1ccc(-n2ccnc2SCC(=O)NC(=O)NC(C)(C)C)cc1. The minimum Gasteiger partial charge on any atom is -0.497 e. The number of imidazole rings is 1. The molecular weight excluding hydrogens is 340 g/mol. The van der Waals surface area contributed by atoms with Gasteiger partial charge in [-0.1, -0.05) is 11.8 Å². The first kappa shape index (κ1) is 18.9. The zero-order valence-corrected chi connectivity index (χ0v) is 15.5. The number of urea groups is 1. The third-order valence-corrected chi connectivity index (χ3v) is 4.00. The lowest BCUT2D eigenvalue weighted by atomic mass is 10.1. The zero-order valence-electron chi connectivity index (χ0n) is 14.7.